The van der Waals surface area contributed by atoms with Gasteiger partial charge in [0.2, 0.25) is 0 Å². The van der Waals surface area contributed by atoms with Crippen LogP contribution in [0.3, 0.4) is 0 Å². The molecule has 0 N–H and O–H groups in total. The van der Waals surface area contributed by atoms with Gasteiger partial charge in [0.05, 0.1) is 22.4 Å². The highest BCUT2D eigenvalue weighted by atomic mass is 16.7. The molecule has 0 saturated carbocycles. The summed E-state index contributed by atoms with van der Waals surface area (Å²) in [4.78, 5) is 0. The van der Waals surface area contributed by atoms with Gasteiger partial charge in [0.25, 0.3) is 0 Å². The summed E-state index contributed by atoms with van der Waals surface area (Å²) in [6.45, 7) is 16.6. The lowest BCUT2D eigenvalue weighted by molar-refractivity contribution is 0.00578. The van der Waals surface area contributed by atoms with Crippen LogP contribution >= 0.6 is 0 Å². The van der Waals surface area contributed by atoms with Crippen LogP contribution in [0, 0.1) is 0 Å². The third-order valence-electron chi connectivity index (χ3n) is 6.97. The third-order valence-corrected chi connectivity index (χ3v) is 6.97. The second-order valence-electron chi connectivity index (χ2n) is 10.0. The first-order valence-corrected chi connectivity index (χ1v) is 10.1. The van der Waals surface area contributed by atoms with Gasteiger partial charge in [-0.1, -0.05) is 36.4 Å². The zero-order valence-electron chi connectivity index (χ0n) is 18.3. The molecule has 2 fully saturated rings. The highest BCUT2D eigenvalue weighted by Gasteiger charge is 2.56. The molecular formula is C22H30B2O4. The van der Waals surface area contributed by atoms with Gasteiger partial charge in [-0.25, -0.2) is 0 Å². The molecule has 0 bridgehead atoms. The van der Waals surface area contributed by atoms with E-state index in [9.17, 15) is 0 Å². The molecule has 2 heterocycles. The van der Waals surface area contributed by atoms with E-state index in [0.29, 0.717) is 0 Å². The van der Waals surface area contributed by atoms with E-state index < -0.39 is 36.6 Å². The van der Waals surface area contributed by atoms with E-state index in [1.165, 1.54) is 0 Å². The molecule has 0 unspecified atom stereocenters. The molecule has 6 heteroatoms. The Hall–Kier alpha value is -1.33. The molecule has 148 valence electrons. The Bertz CT molecular complexity index is 813. The zero-order valence-corrected chi connectivity index (χ0v) is 18.3. The van der Waals surface area contributed by atoms with Crippen molar-refractivity contribution in [3.8, 4) is 0 Å². The second-order valence-corrected chi connectivity index (χ2v) is 10.0. The van der Waals surface area contributed by atoms with Crippen LogP contribution in [0.25, 0.3) is 10.8 Å². The minimum Gasteiger partial charge on any atom is -0.399 e. The predicted octanol–water partition coefficient (Wildman–Crippen LogP) is 3.44. The normalized spacial score (nSPS) is 24.9. The van der Waals surface area contributed by atoms with Gasteiger partial charge >= 0.3 is 14.2 Å². The Labute approximate surface area is 169 Å². The van der Waals surface area contributed by atoms with E-state index in [1.807, 2.05) is 12.1 Å². The molecule has 28 heavy (non-hydrogen) atoms. The van der Waals surface area contributed by atoms with Crippen molar-refractivity contribution in [3.05, 3.63) is 36.4 Å². The standard InChI is InChI=1S/C22H30B2O4/c1-19(2)20(3,4)26-23(25-19)17-13-15-11-9-10-12-16(15)14-18(17)24-27-21(5,6)22(7,8)28-24/h9-14H,1-8H3. The van der Waals surface area contributed by atoms with Crippen molar-refractivity contribution in [2.24, 2.45) is 0 Å². The molecule has 4 nitrogen and oxygen atoms in total. The van der Waals surface area contributed by atoms with Crippen LogP contribution in [0.4, 0.5) is 0 Å². The molecule has 0 atom stereocenters. The van der Waals surface area contributed by atoms with Crippen molar-refractivity contribution >= 4 is 35.9 Å². The fourth-order valence-electron chi connectivity index (χ4n) is 3.62. The molecule has 0 radical (unpaired) electrons. The average Bonchev–Trinajstić information content (AvgIpc) is 2.93. The molecule has 2 aliphatic heterocycles. The second kappa shape index (κ2) is 6.08. The summed E-state index contributed by atoms with van der Waals surface area (Å²) in [6, 6.07) is 12.6. The molecule has 4 rings (SSSR count). The minimum absolute atomic E-state index is 0.406. The van der Waals surface area contributed by atoms with Crippen molar-refractivity contribution in [3.63, 3.8) is 0 Å². The van der Waals surface area contributed by atoms with Gasteiger partial charge in [-0.2, -0.15) is 0 Å². The van der Waals surface area contributed by atoms with Gasteiger partial charge in [0.15, 0.2) is 0 Å². The molecular weight excluding hydrogens is 350 g/mol. The largest absolute Gasteiger partial charge is 0.494 e. The Morgan fingerprint density at radius 2 is 0.821 bits per heavy atom. The van der Waals surface area contributed by atoms with Crippen molar-refractivity contribution in [1.82, 2.24) is 0 Å². The third kappa shape index (κ3) is 3.02. The molecule has 0 aliphatic carbocycles. The van der Waals surface area contributed by atoms with Crippen LogP contribution in [0.2, 0.25) is 0 Å². The van der Waals surface area contributed by atoms with E-state index in [1.54, 1.807) is 0 Å². The maximum Gasteiger partial charge on any atom is 0.494 e. The Balaban J connectivity index is 1.83. The number of fused-ring (bicyclic) bond motifs is 1. The summed E-state index contributed by atoms with van der Waals surface area (Å²) in [5.74, 6) is 0. The van der Waals surface area contributed by atoms with Crippen molar-refractivity contribution < 1.29 is 18.6 Å². The van der Waals surface area contributed by atoms with Gasteiger partial charge in [-0.05, 0) is 77.1 Å². The fraction of sp³-hybridized carbons (Fsp3) is 0.545. The summed E-state index contributed by atoms with van der Waals surface area (Å²) in [7, 11) is -0.938. The summed E-state index contributed by atoms with van der Waals surface area (Å²) in [5.41, 5.74) is 0.312. The van der Waals surface area contributed by atoms with Crippen LogP contribution in [-0.2, 0) is 18.6 Å². The van der Waals surface area contributed by atoms with E-state index >= 15 is 0 Å². The van der Waals surface area contributed by atoms with Crippen molar-refractivity contribution in [1.29, 1.82) is 0 Å². The molecule has 0 aromatic heterocycles. The lowest BCUT2D eigenvalue weighted by atomic mass is 9.64. The van der Waals surface area contributed by atoms with Crippen LogP contribution < -0.4 is 10.9 Å². The molecule has 2 saturated heterocycles. The highest BCUT2D eigenvalue weighted by Crippen LogP contribution is 2.38. The Kier molecular flexibility index (Phi) is 4.34. The van der Waals surface area contributed by atoms with Gasteiger partial charge in [-0.15, -0.1) is 0 Å². The van der Waals surface area contributed by atoms with Crippen LogP contribution in [0.5, 0.6) is 0 Å². The fourth-order valence-corrected chi connectivity index (χ4v) is 3.62. The number of hydrogen-bond donors (Lipinski definition) is 0. The number of benzene rings is 2. The monoisotopic (exact) mass is 380 g/mol. The van der Waals surface area contributed by atoms with E-state index in [-0.39, 0.29) is 0 Å². The smallest absolute Gasteiger partial charge is 0.399 e. The van der Waals surface area contributed by atoms with Crippen LogP contribution in [0.1, 0.15) is 55.4 Å². The van der Waals surface area contributed by atoms with Crippen molar-refractivity contribution in [2.45, 2.75) is 77.8 Å². The van der Waals surface area contributed by atoms with E-state index in [0.717, 1.165) is 21.7 Å². The SMILES string of the molecule is CC1(C)OB(c2cc3ccccc3cc2B2OC(C)(C)C(C)(C)O2)OC1(C)C. The molecule has 2 aliphatic rings. The summed E-state index contributed by atoms with van der Waals surface area (Å²) in [6.07, 6.45) is 0. The van der Waals surface area contributed by atoms with Gasteiger partial charge < -0.3 is 18.6 Å². The zero-order chi connectivity index (χ0) is 20.5. The first-order chi connectivity index (χ1) is 12.8. The maximum atomic E-state index is 6.37. The summed E-state index contributed by atoms with van der Waals surface area (Å²) >= 11 is 0. The lowest BCUT2D eigenvalue weighted by Crippen LogP contribution is -2.51. The molecule has 0 spiro atoms. The highest BCUT2D eigenvalue weighted by molar-refractivity contribution is 6.75. The molecule has 0 amide bonds. The Morgan fingerprint density at radius 3 is 1.11 bits per heavy atom. The van der Waals surface area contributed by atoms with Gasteiger partial charge in [0.1, 0.15) is 0 Å². The first-order valence-electron chi connectivity index (χ1n) is 10.1. The topological polar surface area (TPSA) is 36.9 Å². The first kappa shape index (κ1) is 20.0. The Morgan fingerprint density at radius 1 is 0.536 bits per heavy atom. The summed E-state index contributed by atoms with van der Waals surface area (Å²) < 4.78 is 25.5. The predicted molar refractivity (Wildman–Crippen MR) is 115 cm³/mol. The summed E-state index contributed by atoms with van der Waals surface area (Å²) in [5, 5.41) is 2.29. The van der Waals surface area contributed by atoms with Crippen LogP contribution in [0.15, 0.2) is 36.4 Å². The number of rotatable bonds is 2. The quantitative estimate of drug-likeness (QED) is 0.749. The average molecular weight is 380 g/mol. The molecule has 2 aromatic rings. The minimum atomic E-state index is -0.469. The van der Waals surface area contributed by atoms with Gasteiger partial charge in [-0.3, -0.25) is 0 Å². The van der Waals surface area contributed by atoms with E-state index in [2.05, 4.69) is 79.7 Å². The lowest BCUT2D eigenvalue weighted by Gasteiger charge is -2.32. The van der Waals surface area contributed by atoms with E-state index in [4.69, 9.17) is 18.6 Å². The van der Waals surface area contributed by atoms with Gasteiger partial charge in [0, 0.05) is 0 Å². The maximum absolute atomic E-state index is 6.37. The van der Waals surface area contributed by atoms with Crippen molar-refractivity contribution in [2.75, 3.05) is 0 Å². The molecule has 2 aromatic carbocycles. The van der Waals surface area contributed by atoms with Crippen LogP contribution in [-0.4, -0.2) is 36.6 Å². The number of hydrogen-bond acceptors (Lipinski definition) is 4.